The van der Waals surface area contributed by atoms with Crippen LogP contribution in [0.1, 0.15) is 13.8 Å². The molecule has 0 spiro atoms. The Morgan fingerprint density at radius 1 is 1.26 bits per heavy atom. The maximum atomic E-state index is 11.2. The van der Waals surface area contributed by atoms with Gasteiger partial charge in [-0.2, -0.15) is 0 Å². The van der Waals surface area contributed by atoms with Crippen LogP contribution in [0.15, 0.2) is 12.2 Å². The molecular formula is C15H27NO7. The predicted octanol–water partition coefficient (Wildman–Crippen LogP) is -1.21. The molecule has 5 atom stereocenters. The monoisotopic (exact) mass is 333 g/mol. The lowest BCUT2D eigenvalue weighted by Crippen LogP contribution is -2.55. The Kier molecular flexibility index (Phi) is 8.67. The number of amides is 1. The number of nitrogens with one attached hydrogen (secondary N) is 1. The van der Waals surface area contributed by atoms with Crippen molar-refractivity contribution in [2.24, 2.45) is 5.92 Å². The van der Waals surface area contributed by atoms with Crippen molar-refractivity contribution in [2.75, 3.05) is 33.0 Å². The second-order valence-electron chi connectivity index (χ2n) is 5.59. The molecule has 8 heteroatoms. The summed E-state index contributed by atoms with van der Waals surface area (Å²) in [5.74, 6) is -0.639. The van der Waals surface area contributed by atoms with Gasteiger partial charge in [-0.25, -0.2) is 0 Å². The highest BCUT2D eigenvalue weighted by molar-refractivity contribution is 5.91. The summed E-state index contributed by atoms with van der Waals surface area (Å²) in [6.45, 7) is 7.67. The molecule has 1 heterocycles. The fourth-order valence-corrected chi connectivity index (χ4v) is 2.12. The van der Waals surface area contributed by atoms with Crippen LogP contribution < -0.4 is 5.32 Å². The number of carbonyl (C=O) groups is 1. The van der Waals surface area contributed by atoms with Gasteiger partial charge in [-0.05, 0) is 6.92 Å². The fourth-order valence-electron chi connectivity index (χ4n) is 2.12. The average molecular weight is 333 g/mol. The Bertz CT molecular complexity index is 388. The zero-order chi connectivity index (χ0) is 17.4. The van der Waals surface area contributed by atoms with Gasteiger partial charge in [0.05, 0.1) is 32.5 Å². The lowest BCUT2D eigenvalue weighted by molar-refractivity contribution is -0.284. The van der Waals surface area contributed by atoms with Gasteiger partial charge < -0.3 is 34.8 Å². The normalized spacial score (nSPS) is 30.9. The van der Waals surface area contributed by atoms with Gasteiger partial charge in [-0.3, -0.25) is 4.79 Å². The number of aliphatic hydroxyl groups excluding tert-OH is 3. The summed E-state index contributed by atoms with van der Waals surface area (Å²) in [6, 6.07) is 0. The summed E-state index contributed by atoms with van der Waals surface area (Å²) >= 11 is 0. The number of ether oxygens (including phenoxy) is 3. The second-order valence-corrected chi connectivity index (χ2v) is 5.59. The van der Waals surface area contributed by atoms with E-state index in [0.717, 1.165) is 0 Å². The lowest BCUT2D eigenvalue weighted by Gasteiger charge is -2.40. The second kappa shape index (κ2) is 9.96. The largest absolute Gasteiger partial charge is 0.394 e. The van der Waals surface area contributed by atoms with Crippen LogP contribution >= 0.6 is 0 Å². The van der Waals surface area contributed by atoms with Crippen molar-refractivity contribution in [3.63, 3.8) is 0 Å². The molecule has 134 valence electrons. The van der Waals surface area contributed by atoms with Crippen LogP contribution in [0.4, 0.5) is 0 Å². The first-order valence-electron chi connectivity index (χ1n) is 7.64. The zero-order valence-electron chi connectivity index (χ0n) is 13.6. The molecule has 1 saturated heterocycles. The van der Waals surface area contributed by atoms with Crippen molar-refractivity contribution < 1.29 is 34.3 Å². The smallest absolute Gasteiger partial charge is 0.246 e. The molecule has 0 bridgehead atoms. The molecule has 0 saturated carbocycles. The minimum Gasteiger partial charge on any atom is -0.394 e. The highest BCUT2D eigenvalue weighted by Gasteiger charge is 2.42. The molecular weight excluding hydrogens is 306 g/mol. The van der Waals surface area contributed by atoms with E-state index in [1.165, 1.54) is 0 Å². The van der Waals surface area contributed by atoms with E-state index in [0.29, 0.717) is 18.7 Å². The Balaban J connectivity index is 2.17. The van der Waals surface area contributed by atoms with E-state index < -0.39 is 37.1 Å². The molecule has 0 radical (unpaired) electrons. The van der Waals surface area contributed by atoms with Crippen molar-refractivity contribution >= 4 is 5.91 Å². The molecule has 0 aliphatic carbocycles. The van der Waals surface area contributed by atoms with E-state index in [4.69, 9.17) is 19.3 Å². The third-order valence-corrected chi connectivity index (χ3v) is 3.62. The number of aliphatic hydroxyl groups is 3. The molecule has 4 N–H and O–H groups in total. The third-order valence-electron chi connectivity index (χ3n) is 3.62. The number of hydrogen-bond acceptors (Lipinski definition) is 7. The van der Waals surface area contributed by atoms with Crippen LogP contribution in [0.3, 0.4) is 0 Å². The molecule has 23 heavy (non-hydrogen) atoms. The van der Waals surface area contributed by atoms with Crippen molar-refractivity contribution in [1.29, 1.82) is 0 Å². The first-order chi connectivity index (χ1) is 10.9. The van der Waals surface area contributed by atoms with Crippen molar-refractivity contribution in [3.05, 3.63) is 12.2 Å². The highest BCUT2D eigenvalue weighted by atomic mass is 16.7. The first-order valence-corrected chi connectivity index (χ1v) is 7.64. The van der Waals surface area contributed by atoms with Crippen molar-refractivity contribution in [3.8, 4) is 0 Å². The quantitative estimate of drug-likeness (QED) is 0.309. The highest BCUT2D eigenvalue weighted by Crippen LogP contribution is 2.26. The summed E-state index contributed by atoms with van der Waals surface area (Å²) < 4.78 is 16.2. The van der Waals surface area contributed by atoms with Gasteiger partial charge in [0.1, 0.15) is 12.2 Å². The number of carbonyl (C=O) groups excluding carboxylic acids is 1. The Labute approximate surface area is 136 Å². The van der Waals surface area contributed by atoms with Gasteiger partial charge in [0, 0.05) is 18.0 Å². The van der Waals surface area contributed by atoms with E-state index in [-0.39, 0.29) is 19.1 Å². The SMILES string of the molecule is C=C(C)C(=O)NCCOCCO[C@H]1O[C@@H](CO)[C@H](O)[C@@H](O)[C@@H]1C. The molecule has 0 aromatic rings. The summed E-state index contributed by atoms with van der Waals surface area (Å²) in [7, 11) is 0. The van der Waals surface area contributed by atoms with Gasteiger partial charge in [-0.15, -0.1) is 0 Å². The van der Waals surface area contributed by atoms with Crippen LogP contribution in [-0.4, -0.2) is 78.8 Å². The molecule has 0 aromatic heterocycles. The predicted molar refractivity (Wildman–Crippen MR) is 81.5 cm³/mol. The molecule has 8 nitrogen and oxygen atoms in total. The van der Waals surface area contributed by atoms with Crippen LogP contribution in [0.25, 0.3) is 0 Å². The standard InChI is InChI=1S/C15H27NO7/c1-9(2)14(20)16-4-5-21-6-7-22-15-10(3)12(18)13(19)11(8-17)23-15/h10-13,15,17-19H,1,4-8H2,2-3H3,(H,16,20)/t10-,11-,12-,13-,15-/m0/s1. The molecule has 1 fully saturated rings. The Morgan fingerprint density at radius 3 is 2.57 bits per heavy atom. The topological polar surface area (TPSA) is 117 Å². The summed E-state index contributed by atoms with van der Waals surface area (Å²) in [5, 5.41) is 31.4. The van der Waals surface area contributed by atoms with E-state index in [2.05, 4.69) is 11.9 Å². The Morgan fingerprint density at radius 2 is 1.96 bits per heavy atom. The van der Waals surface area contributed by atoms with E-state index in [1.807, 2.05) is 0 Å². The van der Waals surface area contributed by atoms with Gasteiger partial charge in [0.25, 0.3) is 0 Å². The molecule has 1 aliphatic heterocycles. The molecule has 0 unspecified atom stereocenters. The molecule has 1 amide bonds. The van der Waals surface area contributed by atoms with Crippen LogP contribution in [-0.2, 0) is 19.0 Å². The van der Waals surface area contributed by atoms with Gasteiger partial charge in [0.2, 0.25) is 5.91 Å². The molecule has 1 rings (SSSR count). The fraction of sp³-hybridized carbons (Fsp3) is 0.800. The summed E-state index contributed by atoms with van der Waals surface area (Å²) in [4.78, 5) is 11.2. The van der Waals surface area contributed by atoms with Gasteiger partial charge >= 0.3 is 0 Å². The van der Waals surface area contributed by atoms with Crippen LogP contribution in [0.5, 0.6) is 0 Å². The van der Waals surface area contributed by atoms with E-state index in [9.17, 15) is 15.0 Å². The van der Waals surface area contributed by atoms with Gasteiger partial charge in [0.15, 0.2) is 6.29 Å². The van der Waals surface area contributed by atoms with Gasteiger partial charge in [-0.1, -0.05) is 13.5 Å². The minimum atomic E-state index is -1.14. The Hall–Kier alpha value is -1.03. The zero-order valence-corrected chi connectivity index (χ0v) is 13.6. The minimum absolute atomic E-state index is 0.211. The lowest BCUT2D eigenvalue weighted by atomic mass is 9.92. The van der Waals surface area contributed by atoms with E-state index in [1.54, 1.807) is 13.8 Å². The number of hydrogen-bond donors (Lipinski definition) is 4. The van der Waals surface area contributed by atoms with Crippen molar-refractivity contribution in [2.45, 2.75) is 38.4 Å². The maximum Gasteiger partial charge on any atom is 0.246 e. The first kappa shape index (κ1) is 20.0. The van der Waals surface area contributed by atoms with Crippen LogP contribution in [0, 0.1) is 5.92 Å². The summed E-state index contributed by atoms with van der Waals surface area (Å²) in [5.41, 5.74) is 0.441. The average Bonchev–Trinajstić information content (AvgIpc) is 2.53. The molecule has 1 aliphatic rings. The third kappa shape index (κ3) is 6.17. The summed E-state index contributed by atoms with van der Waals surface area (Å²) in [6.07, 6.45) is -3.76. The van der Waals surface area contributed by atoms with Crippen LogP contribution in [0.2, 0.25) is 0 Å². The number of rotatable bonds is 9. The molecule has 0 aromatic carbocycles. The van der Waals surface area contributed by atoms with Crippen molar-refractivity contribution in [1.82, 2.24) is 5.32 Å². The van der Waals surface area contributed by atoms with E-state index >= 15 is 0 Å². The maximum absolute atomic E-state index is 11.2.